The first-order valence-electron chi connectivity index (χ1n) is 7.67. The van der Waals surface area contributed by atoms with E-state index >= 15 is 0 Å². The summed E-state index contributed by atoms with van der Waals surface area (Å²) < 4.78 is 6.81. The predicted molar refractivity (Wildman–Crippen MR) is 89.9 cm³/mol. The summed E-state index contributed by atoms with van der Waals surface area (Å²) in [5.41, 5.74) is 6.54. The first kappa shape index (κ1) is 17.5. The third-order valence-electron chi connectivity index (χ3n) is 3.32. The molecule has 0 saturated heterocycles. The van der Waals surface area contributed by atoms with Gasteiger partial charge in [0.25, 0.3) is 5.91 Å². The molecule has 8 nitrogen and oxygen atoms in total. The Labute approximate surface area is 140 Å². The zero-order valence-electron chi connectivity index (χ0n) is 14.2. The monoisotopic (exact) mass is 331 g/mol. The molecule has 0 spiro atoms. The average molecular weight is 331 g/mol. The van der Waals surface area contributed by atoms with Gasteiger partial charge in [0.1, 0.15) is 5.75 Å². The molecular weight excluding hydrogens is 310 g/mol. The summed E-state index contributed by atoms with van der Waals surface area (Å²) in [6.07, 6.45) is 0.216. The number of esters is 1. The molecule has 128 valence electrons. The van der Waals surface area contributed by atoms with Crippen LogP contribution < -0.4 is 15.8 Å². The minimum atomic E-state index is -0.452. The maximum atomic E-state index is 12.6. The van der Waals surface area contributed by atoms with Crippen LogP contribution >= 0.6 is 0 Å². The Kier molecular flexibility index (Phi) is 5.18. The fraction of sp³-hybridized carbons (Fsp3) is 0.375. The van der Waals surface area contributed by atoms with E-state index in [2.05, 4.69) is 15.4 Å². The molecule has 8 heteroatoms. The van der Waals surface area contributed by atoms with Crippen molar-refractivity contribution in [1.29, 1.82) is 0 Å². The van der Waals surface area contributed by atoms with E-state index in [1.807, 2.05) is 13.8 Å². The average Bonchev–Trinajstić information content (AvgIpc) is 2.89. The smallest absolute Gasteiger partial charge is 0.310 e. The number of carbonyl (C=O) groups is 2. The molecule has 2 aromatic rings. The van der Waals surface area contributed by atoms with Crippen molar-refractivity contribution in [1.82, 2.24) is 14.8 Å². The molecule has 0 bridgehead atoms. The Hall–Kier alpha value is -2.90. The summed E-state index contributed by atoms with van der Waals surface area (Å²) in [6.45, 7) is 7.24. The molecule has 0 aliphatic rings. The second kappa shape index (κ2) is 7.12. The number of aryl methyl sites for hydroxylation is 1. The van der Waals surface area contributed by atoms with Gasteiger partial charge in [-0.2, -0.15) is 4.98 Å². The van der Waals surface area contributed by atoms with Crippen LogP contribution in [-0.4, -0.2) is 26.6 Å². The first-order chi connectivity index (χ1) is 11.3. The van der Waals surface area contributed by atoms with Crippen molar-refractivity contribution >= 4 is 23.8 Å². The number of rotatable bonds is 5. The van der Waals surface area contributed by atoms with Crippen molar-refractivity contribution in [2.24, 2.45) is 0 Å². The van der Waals surface area contributed by atoms with Crippen molar-refractivity contribution < 1.29 is 14.3 Å². The van der Waals surface area contributed by atoms with E-state index in [1.165, 1.54) is 4.68 Å². The number of benzene rings is 1. The van der Waals surface area contributed by atoms with Gasteiger partial charge < -0.3 is 10.5 Å². The Morgan fingerprint density at radius 3 is 2.71 bits per heavy atom. The van der Waals surface area contributed by atoms with Crippen molar-refractivity contribution in [3.8, 4) is 5.75 Å². The molecule has 1 aromatic carbocycles. The molecule has 1 heterocycles. The fourth-order valence-electron chi connectivity index (χ4n) is 2.11. The molecule has 1 amide bonds. The van der Waals surface area contributed by atoms with Gasteiger partial charge in [0, 0.05) is 6.42 Å². The molecule has 0 fully saturated rings. The molecule has 0 aliphatic carbocycles. The van der Waals surface area contributed by atoms with Crippen molar-refractivity contribution in [2.45, 2.75) is 40.2 Å². The summed E-state index contributed by atoms with van der Waals surface area (Å²) in [5.74, 6) is -0.312. The van der Waals surface area contributed by atoms with E-state index in [4.69, 9.17) is 10.5 Å². The molecule has 2 rings (SSSR count). The van der Waals surface area contributed by atoms with E-state index in [0.29, 0.717) is 5.56 Å². The largest absolute Gasteiger partial charge is 0.425 e. The molecule has 1 aromatic heterocycles. The van der Waals surface area contributed by atoms with Crippen LogP contribution in [0.3, 0.4) is 0 Å². The van der Waals surface area contributed by atoms with E-state index < -0.39 is 11.9 Å². The Balaban J connectivity index is 2.34. The lowest BCUT2D eigenvalue weighted by Crippen LogP contribution is -2.19. The summed E-state index contributed by atoms with van der Waals surface area (Å²) in [6, 6.07) is 5.04. The third-order valence-corrected chi connectivity index (χ3v) is 3.32. The van der Waals surface area contributed by atoms with Crippen LogP contribution in [0.1, 0.15) is 49.2 Å². The van der Waals surface area contributed by atoms with Gasteiger partial charge in [-0.25, -0.2) is 4.68 Å². The highest BCUT2D eigenvalue weighted by molar-refractivity contribution is 6.06. The number of amides is 1. The lowest BCUT2D eigenvalue weighted by atomic mass is 10.1. The molecule has 0 saturated carbocycles. The van der Waals surface area contributed by atoms with Crippen molar-refractivity contribution in [3.63, 3.8) is 0 Å². The first-order valence-corrected chi connectivity index (χ1v) is 7.67. The summed E-state index contributed by atoms with van der Waals surface area (Å²) >= 11 is 0. The Bertz CT molecular complexity index is 767. The molecular formula is C16H21N5O3. The summed E-state index contributed by atoms with van der Waals surface area (Å²) in [5, 5.41) is 6.71. The molecule has 24 heavy (non-hydrogen) atoms. The number of hydrogen-bond donors (Lipinski definition) is 2. The van der Waals surface area contributed by atoms with E-state index in [9.17, 15) is 9.59 Å². The number of anilines is 2. The lowest BCUT2D eigenvalue weighted by Gasteiger charge is -2.13. The zero-order valence-corrected chi connectivity index (χ0v) is 14.2. The number of aromatic nitrogens is 3. The maximum Gasteiger partial charge on any atom is 0.310 e. The SMILES string of the molecule is CCC(=O)Oc1c(C)cccc1C(=O)Nc1nc(N)nn1C(C)C. The summed E-state index contributed by atoms with van der Waals surface area (Å²) in [7, 11) is 0. The second-order valence-electron chi connectivity index (χ2n) is 5.57. The number of ether oxygens (including phenoxy) is 1. The minimum absolute atomic E-state index is 0.0278. The molecule has 0 atom stereocenters. The van der Waals surface area contributed by atoms with Crippen molar-refractivity contribution in [2.75, 3.05) is 11.1 Å². The standard InChI is InChI=1S/C16H21N5O3/c1-5-12(22)24-13-10(4)7-6-8-11(13)14(23)18-16-19-15(17)20-21(16)9(2)3/h6-9H,5H2,1-4H3,(H3,17,18,19,20,23). The highest BCUT2D eigenvalue weighted by atomic mass is 16.5. The quantitative estimate of drug-likeness (QED) is 0.642. The Morgan fingerprint density at radius 1 is 1.38 bits per heavy atom. The number of nitrogens with two attached hydrogens (primary N) is 1. The van der Waals surface area contributed by atoms with Crippen LogP contribution in [0.2, 0.25) is 0 Å². The van der Waals surface area contributed by atoms with Crippen LogP contribution in [0.4, 0.5) is 11.9 Å². The van der Waals surface area contributed by atoms with Crippen LogP contribution in [-0.2, 0) is 4.79 Å². The van der Waals surface area contributed by atoms with Gasteiger partial charge in [-0.05, 0) is 32.4 Å². The summed E-state index contributed by atoms with van der Waals surface area (Å²) in [4.78, 5) is 28.2. The highest BCUT2D eigenvalue weighted by Crippen LogP contribution is 2.25. The van der Waals surface area contributed by atoms with Gasteiger partial charge in [-0.1, -0.05) is 19.1 Å². The second-order valence-corrected chi connectivity index (χ2v) is 5.57. The number of nitrogens with one attached hydrogen (secondary N) is 1. The van der Waals surface area contributed by atoms with E-state index in [1.54, 1.807) is 32.0 Å². The van der Waals surface area contributed by atoms with E-state index in [-0.39, 0.29) is 35.7 Å². The van der Waals surface area contributed by atoms with Gasteiger partial charge >= 0.3 is 5.97 Å². The van der Waals surface area contributed by atoms with Gasteiger partial charge in [0.05, 0.1) is 11.6 Å². The van der Waals surface area contributed by atoms with Crippen molar-refractivity contribution in [3.05, 3.63) is 29.3 Å². The van der Waals surface area contributed by atoms with Gasteiger partial charge in [0.15, 0.2) is 0 Å². The lowest BCUT2D eigenvalue weighted by molar-refractivity contribution is -0.134. The number of hydrogen-bond acceptors (Lipinski definition) is 6. The number of carbonyl (C=O) groups excluding carboxylic acids is 2. The zero-order chi connectivity index (χ0) is 17.9. The van der Waals surface area contributed by atoms with Crippen LogP contribution in [0.5, 0.6) is 5.75 Å². The van der Waals surface area contributed by atoms with Crippen LogP contribution in [0.15, 0.2) is 18.2 Å². The van der Waals surface area contributed by atoms with E-state index in [0.717, 1.165) is 0 Å². The minimum Gasteiger partial charge on any atom is -0.425 e. The molecule has 0 unspecified atom stereocenters. The molecule has 0 radical (unpaired) electrons. The van der Waals surface area contributed by atoms with Crippen LogP contribution in [0.25, 0.3) is 0 Å². The van der Waals surface area contributed by atoms with Gasteiger partial charge in [-0.15, -0.1) is 5.10 Å². The van der Waals surface area contributed by atoms with Crippen LogP contribution in [0, 0.1) is 6.92 Å². The molecule has 0 aliphatic heterocycles. The highest BCUT2D eigenvalue weighted by Gasteiger charge is 2.20. The maximum absolute atomic E-state index is 12.6. The number of para-hydroxylation sites is 1. The van der Waals surface area contributed by atoms with Gasteiger partial charge in [-0.3, -0.25) is 14.9 Å². The normalized spacial score (nSPS) is 10.7. The number of nitrogen functional groups attached to an aromatic ring is 1. The molecule has 3 N–H and O–H groups in total. The van der Waals surface area contributed by atoms with Gasteiger partial charge in [0.2, 0.25) is 11.9 Å². The topological polar surface area (TPSA) is 112 Å². The fourth-order valence-corrected chi connectivity index (χ4v) is 2.11. The number of nitrogens with zero attached hydrogens (tertiary/aromatic N) is 3. The predicted octanol–water partition coefficient (Wildman–Crippen LogP) is 2.32. The Morgan fingerprint density at radius 2 is 2.08 bits per heavy atom. The third kappa shape index (κ3) is 3.70.